The first-order valence-corrected chi connectivity index (χ1v) is 11.6. The van der Waals surface area contributed by atoms with Gasteiger partial charge in [0.1, 0.15) is 15.6 Å². The van der Waals surface area contributed by atoms with E-state index in [4.69, 9.17) is 4.52 Å². The molecule has 0 radical (unpaired) electrons. The van der Waals surface area contributed by atoms with Gasteiger partial charge in [0.15, 0.2) is 5.76 Å². The van der Waals surface area contributed by atoms with E-state index in [-0.39, 0.29) is 5.91 Å². The molecule has 9 heteroatoms. The number of aryl methyl sites for hydroxylation is 1. The number of aromatic nitrogens is 1. The molecule has 7 nitrogen and oxygen atoms in total. The van der Waals surface area contributed by atoms with Gasteiger partial charge < -0.3 is 9.84 Å². The summed E-state index contributed by atoms with van der Waals surface area (Å²) in [6.07, 6.45) is 5.61. The molecule has 1 fully saturated rings. The van der Waals surface area contributed by atoms with Crippen LogP contribution in [0, 0.1) is 12.8 Å². The molecule has 0 bridgehead atoms. The lowest BCUT2D eigenvalue weighted by atomic mass is 10.0. The Bertz CT molecular complexity index is 967. The van der Waals surface area contributed by atoms with E-state index in [0.717, 1.165) is 17.7 Å². The molecule has 3 rings (SSSR count). The summed E-state index contributed by atoms with van der Waals surface area (Å²) in [7, 11) is -3.45. The van der Waals surface area contributed by atoms with E-state index in [2.05, 4.69) is 17.4 Å². The van der Waals surface area contributed by atoms with E-state index in [1.165, 1.54) is 11.3 Å². The highest BCUT2D eigenvalue weighted by Gasteiger charge is 2.29. The third-order valence-electron chi connectivity index (χ3n) is 4.81. The van der Waals surface area contributed by atoms with Crippen LogP contribution in [0.4, 0.5) is 5.69 Å². The molecule has 1 N–H and O–H groups in total. The van der Waals surface area contributed by atoms with E-state index in [9.17, 15) is 13.2 Å². The Kier molecular flexibility index (Phi) is 6.36. The molecule has 1 aliphatic heterocycles. The van der Waals surface area contributed by atoms with Gasteiger partial charge in [0.25, 0.3) is 10.0 Å². The second-order valence-corrected chi connectivity index (χ2v) is 10.3. The van der Waals surface area contributed by atoms with E-state index in [1.807, 2.05) is 0 Å². The third kappa shape index (κ3) is 4.53. The minimum Gasteiger partial charge on any atom is -0.354 e. The topological polar surface area (TPSA) is 92.5 Å². The Morgan fingerprint density at radius 3 is 2.75 bits per heavy atom. The van der Waals surface area contributed by atoms with Gasteiger partial charge in [0, 0.05) is 24.4 Å². The highest BCUT2D eigenvalue weighted by Crippen LogP contribution is 2.30. The van der Waals surface area contributed by atoms with Crippen LogP contribution in [0.5, 0.6) is 0 Å². The Balaban J connectivity index is 1.76. The van der Waals surface area contributed by atoms with Gasteiger partial charge in [-0.15, -0.1) is 11.3 Å². The van der Waals surface area contributed by atoms with Crippen LogP contribution in [0.25, 0.3) is 12.2 Å². The Morgan fingerprint density at radius 1 is 1.36 bits per heavy atom. The number of piperidine rings is 1. The van der Waals surface area contributed by atoms with Crippen LogP contribution in [-0.2, 0) is 14.8 Å². The van der Waals surface area contributed by atoms with Crippen LogP contribution in [0.1, 0.15) is 49.4 Å². The first-order chi connectivity index (χ1) is 13.3. The van der Waals surface area contributed by atoms with Gasteiger partial charge in [-0.25, -0.2) is 8.42 Å². The number of nitrogens with one attached hydrogen (secondary N) is 1. The second-order valence-electron chi connectivity index (χ2n) is 6.99. The minimum atomic E-state index is -3.45. The van der Waals surface area contributed by atoms with Gasteiger partial charge in [-0.05, 0) is 50.0 Å². The Morgan fingerprint density at radius 2 is 2.07 bits per heavy atom. The van der Waals surface area contributed by atoms with Crippen molar-refractivity contribution in [3.05, 3.63) is 28.5 Å². The lowest BCUT2D eigenvalue weighted by molar-refractivity contribution is -0.115. The number of hydrogen-bond donors (Lipinski definition) is 1. The van der Waals surface area contributed by atoms with E-state index >= 15 is 0 Å². The number of carbonyl (C=O) groups is 1. The number of hydrogen-bond acceptors (Lipinski definition) is 6. The average molecular weight is 424 g/mol. The maximum absolute atomic E-state index is 12.8. The molecule has 0 saturated carbocycles. The number of nitrogens with zero attached hydrogens (tertiary/aromatic N) is 2. The number of rotatable bonds is 6. The van der Waals surface area contributed by atoms with Gasteiger partial charge in [0.2, 0.25) is 5.91 Å². The maximum atomic E-state index is 12.8. The van der Waals surface area contributed by atoms with Crippen molar-refractivity contribution in [3.8, 4) is 0 Å². The van der Waals surface area contributed by atoms with Gasteiger partial charge in [-0.1, -0.05) is 19.0 Å². The molecule has 2 aromatic rings. The Hall–Kier alpha value is -1.97. The standard InChI is InChI=1S/C19H25N3O4S2/c1-4-17(23)20-19-14(3)21-26-16(19)7-5-15-6-8-18(27-15)28(24,25)22-11-9-13(2)10-12-22/h5-8,13H,4,9-12H2,1-3H3,(H,20,23)/b7-5+. The predicted molar refractivity (Wildman–Crippen MR) is 111 cm³/mol. The van der Waals surface area contributed by atoms with Crippen LogP contribution < -0.4 is 5.32 Å². The predicted octanol–water partition coefficient (Wildman–Crippen LogP) is 3.98. The van der Waals surface area contributed by atoms with Crippen molar-refractivity contribution in [2.45, 2.75) is 44.2 Å². The largest absolute Gasteiger partial charge is 0.354 e. The van der Waals surface area contributed by atoms with E-state index < -0.39 is 10.0 Å². The molecular weight excluding hydrogens is 398 g/mol. The first-order valence-electron chi connectivity index (χ1n) is 9.35. The summed E-state index contributed by atoms with van der Waals surface area (Å²) in [5, 5.41) is 6.66. The summed E-state index contributed by atoms with van der Waals surface area (Å²) >= 11 is 1.22. The van der Waals surface area contributed by atoms with Gasteiger partial charge in [-0.2, -0.15) is 4.31 Å². The number of sulfonamides is 1. The fourth-order valence-electron chi connectivity index (χ4n) is 2.95. The van der Waals surface area contributed by atoms with E-state index in [0.29, 0.717) is 46.8 Å². The molecular formula is C19H25N3O4S2. The SMILES string of the molecule is CCC(=O)Nc1c(C)noc1/C=C/c1ccc(S(=O)(=O)N2CCC(C)CC2)s1. The van der Waals surface area contributed by atoms with Crippen molar-refractivity contribution in [2.24, 2.45) is 5.92 Å². The fraction of sp³-hybridized carbons (Fsp3) is 0.474. The molecule has 3 heterocycles. The van der Waals surface area contributed by atoms with Crippen LogP contribution in [0.3, 0.4) is 0 Å². The molecule has 0 atom stereocenters. The summed E-state index contributed by atoms with van der Waals surface area (Å²) in [6.45, 7) is 6.82. The third-order valence-corrected chi connectivity index (χ3v) is 8.23. The molecule has 2 aromatic heterocycles. The Labute approximate surface area is 169 Å². The maximum Gasteiger partial charge on any atom is 0.252 e. The zero-order valence-electron chi connectivity index (χ0n) is 16.3. The highest BCUT2D eigenvalue weighted by molar-refractivity contribution is 7.91. The lowest BCUT2D eigenvalue weighted by Gasteiger charge is -2.28. The molecule has 152 valence electrons. The van der Waals surface area contributed by atoms with Crippen LogP contribution >= 0.6 is 11.3 Å². The first kappa shape index (κ1) is 20.8. The normalized spacial score (nSPS) is 16.7. The molecule has 1 saturated heterocycles. The summed E-state index contributed by atoms with van der Waals surface area (Å²) in [4.78, 5) is 12.5. The zero-order chi connectivity index (χ0) is 20.3. The second kappa shape index (κ2) is 8.59. The summed E-state index contributed by atoms with van der Waals surface area (Å²) < 4.78 is 32.8. The van der Waals surface area contributed by atoms with Crippen molar-refractivity contribution in [1.82, 2.24) is 9.46 Å². The van der Waals surface area contributed by atoms with Crippen molar-refractivity contribution in [2.75, 3.05) is 18.4 Å². The molecule has 0 unspecified atom stereocenters. The molecule has 1 amide bonds. The molecule has 0 aromatic carbocycles. The molecule has 1 aliphatic rings. The number of thiophene rings is 1. The van der Waals surface area contributed by atoms with Gasteiger partial charge in [-0.3, -0.25) is 4.79 Å². The summed E-state index contributed by atoms with van der Waals surface area (Å²) in [5.41, 5.74) is 1.13. The summed E-state index contributed by atoms with van der Waals surface area (Å²) in [5.74, 6) is 0.879. The number of amides is 1. The summed E-state index contributed by atoms with van der Waals surface area (Å²) in [6, 6.07) is 3.41. The number of anilines is 1. The fourth-order valence-corrected chi connectivity index (χ4v) is 5.81. The molecule has 28 heavy (non-hydrogen) atoms. The monoisotopic (exact) mass is 423 g/mol. The van der Waals surface area contributed by atoms with Crippen molar-refractivity contribution >= 4 is 45.1 Å². The lowest BCUT2D eigenvalue weighted by Crippen LogP contribution is -2.37. The minimum absolute atomic E-state index is 0.124. The van der Waals surface area contributed by atoms with Crippen molar-refractivity contribution in [3.63, 3.8) is 0 Å². The molecule has 0 spiro atoms. The van der Waals surface area contributed by atoms with Crippen LogP contribution in [-0.4, -0.2) is 36.9 Å². The molecule has 0 aliphatic carbocycles. The van der Waals surface area contributed by atoms with Gasteiger partial charge in [0.05, 0.1) is 0 Å². The highest BCUT2D eigenvalue weighted by atomic mass is 32.2. The quantitative estimate of drug-likeness (QED) is 0.758. The zero-order valence-corrected chi connectivity index (χ0v) is 17.9. The number of carbonyl (C=O) groups excluding carboxylic acids is 1. The van der Waals surface area contributed by atoms with Crippen molar-refractivity contribution in [1.29, 1.82) is 0 Å². The van der Waals surface area contributed by atoms with Crippen molar-refractivity contribution < 1.29 is 17.7 Å². The van der Waals surface area contributed by atoms with E-state index in [1.54, 1.807) is 42.4 Å². The smallest absolute Gasteiger partial charge is 0.252 e. The van der Waals surface area contributed by atoms with Crippen LogP contribution in [0.2, 0.25) is 0 Å². The average Bonchev–Trinajstić information content (AvgIpc) is 3.28. The van der Waals surface area contributed by atoms with Crippen LogP contribution in [0.15, 0.2) is 20.9 Å². The van der Waals surface area contributed by atoms with Gasteiger partial charge >= 0.3 is 0 Å².